The molecule has 4 aromatic rings. The molecule has 3 aromatic carbocycles. The molecule has 0 spiro atoms. The fourth-order valence-corrected chi connectivity index (χ4v) is 2.87. The van der Waals surface area contributed by atoms with E-state index in [1.807, 2.05) is 73.7 Å². The van der Waals surface area contributed by atoms with Gasteiger partial charge in [-0.3, -0.25) is 0 Å². The lowest BCUT2D eigenvalue weighted by Gasteiger charge is -2.05. The number of aryl methyl sites for hydroxylation is 1. The summed E-state index contributed by atoms with van der Waals surface area (Å²) in [6.07, 6.45) is 0. The molecular weight excluding hydrogens is 312 g/mol. The van der Waals surface area contributed by atoms with E-state index in [0.717, 1.165) is 22.1 Å². The van der Waals surface area contributed by atoms with Gasteiger partial charge >= 0.3 is 5.97 Å². The summed E-state index contributed by atoms with van der Waals surface area (Å²) in [5, 5.41) is 0.925. The molecule has 0 aliphatic carbocycles. The molecule has 0 aliphatic heterocycles. The highest BCUT2D eigenvalue weighted by Gasteiger charge is 2.19. The van der Waals surface area contributed by atoms with Crippen LogP contribution in [0.15, 0.2) is 83.3 Å². The summed E-state index contributed by atoms with van der Waals surface area (Å²) in [5.74, 6) is 0.249. The molecule has 0 saturated heterocycles. The van der Waals surface area contributed by atoms with Crippen molar-refractivity contribution in [2.75, 3.05) is 0 Å². The van der Waals surface area contributed by atoms with Crippen LogP contribution in [0, 0.1) is 6.92 Å². The number of ether oxygens (including phenoxy) is 1. The summed E-state index contributed by atoms with van der Waals surface area (Å²) in [6.45, 7) is 1.86. The summed E-state index contributed by atoms with van der Waals surface area (Å²) >= 11 is 0. The van der Waals surface area contributed by atoms with Crippen molar-refractivity contribution in [1.82, 2.24) is 0 Å². The Hall–Kier alpha value is -3.33. The number of benzene rings is 3. The van der Waals surface area contributed by atoms with E-state index in [0.29, 0.717) is 11.3 Å². The second-order valence-electron chi connectivity index (χ2n) is 5.83. The Morgan fingerprint density at radius 3 is 2.16 bits per heavy atom. The molecule has 0 aliphatic rings. The minimum Gasteiger partial charge on any atom is -0.449 e. The molecule has 0 bridgehead atoms. The lowest BCUT2D eigenvalue weighted by atomic mass is 10.1. The Kier molecular flexibility index (Phi) is 3.82. The van der Waals surface area contributed by atoms with E-state index < -0.39 is 5.97 Å². The Bertz CT molecular complexity index is 1030. The van der Waals surface area contributed by atoms with Gasteiger partial charge in [-0.2, -0.15) is 0 Å². The molecule has 0 saturated carbocycles. The maximum Gasteiger partial charge on any atom is 0.379 e. The zero-order chi connectivity index (χ0) is 17.2. The van der Waals surface area contributed by atoms with E-state index in [1.54, 1.807) is 12.1 Å². The van der Waals surface area contributed by atoms with Gasteiger partial charge in [-0.25, -0.2) is 4.79 Å². The van der Waals surface area contributed by atoms with Gasteiger partial charge in [0.05, 0.1) is 0 Å². The van der Waals surface area contributed by atoms with Gasteiger partial charge in [0.2, 0.25) is 5.76 Å². The normalized spacial score (nSPS) is 10.8. The Balaban J connectivity index is 1.57. The monoisotopic (exact) mass is 328 g/mol. The highest BCUT2D eigenvalue weighted by Crippen LogP contribution is 2.27. The van der Waals surface area contributed by atoms with Gasteiger partial charge in [0.15, 0.2) is 0 Å². The van der Waals surface area contributed by atoms with Crippen molar-refractivity contribution in [3.05, 3.63) is 90.2 Å². The summed E-state index contributed by atoms with van der Waals surface area (Å²) in [6, 6.07) is 25.1. The first-order chi connectivity index (χ1) is 12.2. The molecule has 122 valence electrons. The highest BCUT2D eigenvalue weighted by atomic mass is 16.5. The van der Waals surface area contributed by atoms with Crippen molar-refractivity contribution < 1.29 is 13.9 Å². The van der Waals surface area contributed by atoms with Crippen LogP contribution in [0.25, 0.3) is 22.1 Å². The fraction of sp³-hybridized carbons (Fsp3) is 0.0455. The van der Waals surface area contributed by atoms with Crippen LogP contribution in [0.4, 0.5) is 0 Å². The van der Waals surface area contributed by atoms with Crippen LogP contribution in [0.1, 0.15) is 16.1 Å². The van der Waals surface area contributed by atoms with E-state index in [2.05, 4.69) is 0 Å². The van der Waals surface area contributed by atoms with Gasteiger partial charge in [-0.15, -0.1) is 0 Å². The summed E-state index contributed by atoms with van der Waals surface area (Å²) < 4.78 is 11.1. The first-order valence-electron chi connectivity index (χ1n) is 8.08. The molecule has 1 heterocycles. The molecule has 0 unspecified atom stereocenters. The van der Waals surface area contributed by atoms with Gasteiger partial charge in [0.25, 0.3) is 0 Å². The Morgan fingerprint density at radius 2 is 1.44 bits per heavy atom. The van der Waals surface area contributed by atoms with E-state index >= 15 is 0 Å². The third kappa shape index (κ3) is 2.92. The van der Waals surface area contributed by atoms with Gasteiger partial charge < -0.3 is 9.15 Å². The summed E-state index contributed by atoms with van der Waals surface area (Å²) in [5.41, 5.74) is 3.67. The lowest BCUT2D eigenvalue weighted by Crippen LogP contribution is -2.08. The lowest BCUT2D eigenvalue weighted by molar-refractivity contribution is 0.0703. The quantitative estimate of drug-likeness (QED) is 0.361. The van der Waals surface area contributed by atoms with Crippen molar-refractivity contribution in [2.24, 2.45) is 0 Å². The molecule has 4 rings (SSSR count). The highest BCUT2D eigenvalue weighted by molar-refractivity contribution is 5.96. The molecule has 1 aromatic heterocycles. The third-order valence-corrected chi connectivity index (χ3v) is 4.20. The van der Waals surface area contributed by atoms with E-state index in [4.69, 9.17) is 9.15 Å². The van der Waals surface area contributed by atoms with Gasteiger partial charge in [-0.05, 0) is 36.2 Å². The SMILES string of the molecule is Cc1c(C(=O)Oc2ccc(-c3ccccc3)cc2)oc2ccccc12. The number of fused-ring (bicyclic) bond motifs is 1. The molecular formula is C22H16O3. The number of hydrogen-bond donors (Lipinski definition) is 0. The standard InChI is InChI=1S/C22H16O3/c1-15-19-9-5-6-10-20(19)25-21(15)22(23)24-18-13-11-17(12-14-18)16-7-3-2-4-8-16/h2-14H,1H3. The molecule has 3 nitrogen and oxygen atoms in total. The van der Waals surface area contributed by atoms with Gasteiger partial charge in [0.1, 0.15) is 11.3 Å². The second-order valence-corrected chi connectivity index (χ2v) is 5.83. The maximum absolute atomic E-state index is 12.4. The van der Waals surface area contributed by atoms with Crippen LogP contribution in [-0.4, -0.2) is 5.97 Å². The Labute approximate surface area is 145 Å². The van der Waals surface area contributed by atoms with Crippen molar-refractivity contribution in [3.63, 3.8) is 0 Å². The van der Waals surface area contributed by atoms with Crippen LogP contribution in [0.5, 0.6) is 5.75 Å². The van der Waals surface area contributed by atoms with Crippen LogP contribution < -0.4 is 4.74 Å². The fourth-order valence-electron chi connectivity index (χ4n) is 2.87. The van der Waals surface area contributed by atoms with E-state index in [-0.39, 0.29) is 5.76 Å². The zero-order valence-electron chi connectivity index (χ0n) is 13.7. The summed E-state index contributed by atoms with van der Waals surface area (Å²) in [7, 11) is 0. The Morgan fingerprint density at radius 1 is 0.800 bits per heavy atom. The number of hydrogen-bond acceptors (Lipinski definition) is 3. The molecule has 0 amide bonds. The first kappa shape index (κ1) is 15.2. The van der Waals surface area contributed by atoms with Crippen molar-refractivity contribution in [2.45, 2.75) is 6.92 Å². The first-order valence-corrected chi connectivity index (χ1v) is 8.08. The van der Waals surface area contributed by atoms with Gasteiger partial charge in [-0.1, -0.05) is 60.7 Å². The summed E-state index contributed by atoms with van der Waals surface area (Å²) in [4.78, 5) is 12.4. The molecule has 3 heteroatoms. The second kappa shape index (κ2) is 6.29. The van der Waals surface area contributed by atoms with Crippen LogP contribution >= 0.6 is 0 Å². The van der Waals surface area contributed by atoms with Crippen molar-refractivity contribution >= 4 is 16.9 Å². The van der Waals surface area contributed by atoms with Crippen LogP contribution in [0.3, 0.4) is 0 Å². The van der Waals surface area contributed by atoms with Crippen molar-refractivity contribution in [1.29, 1.82) is 0 Å². The van der Waals surface area contributed by atoms with E-state index in [1.165, 1.54) is 0 Å². The largest absolute Gasteiger partial charge is 0.449 e. The number of esters is 1. The average Bonchev–Trinajstić information content (AvgIpc) is 3.00. The maximum atomic E-state index is 12.4. The number of carbonyl (C=O) groups is 1. The third-order valence-electron chi connectivity index (χ3n) is 4.20. The average molecular weight is 328 g/mol. The number of carbonyl (C=O) groups excluding carboxylic acids is 1. The molecule has 0 fully saturated rings. The van der Waals surface area contributed by atoms with E-state index in [9.17, 15) is 4.79 Å². The smallest absolute Gasteiger partial charge is 0.379 e. The number of rotatable bonds is 3. The molecule has 0 atom stereocenters. The number of furan rings is 1. The predicted molar refractivity (Wildman–Crippen MR) is 97.8 cm³/mol. The minimum atomic E-state index is -0.485. The minimum absolute atomic E-state index is 0.244. The van der Waals surface area contributed by atoms with Gasteiger partial charge in [0, 0.05) is 10.9 Å². The number of para-hydroxylation sites is 1. The molecule has 25 heavy (non-hydrogen) atoms. The van der Waals surface area contributed by atoms with Crippen LogP contribution in [0.2, 0.25) is 0 Å². The zero-order valence-corrected chi connectivity index (χ0v) is 13.7. The van der Waals surface area contributed by atoms with Crippen molar-refractivity contribution in [3.8, 4) is 16.9 Å². The predicted octanol–water partition coefficient (Wildman–Crippen LogP) is 5.63. The van der Waals surface area contributed by atoms with Crippen LogP contribution in [-0.2, 0) is 0 Å². The molecule has 0 radical (unpaired) electrons. The molecule has 0 N–H and O–H groups in total. The topological polar surface area (TPSA) is 39.4 Å².